The fraction of sp³-hybridized carbons (Fsp3) is 0.500. The van der Waals surface area contributed by atoms with Crippen LogP contribution in [0.4, 0.5) is 16.2 Å². The topological polar surface area (TPSA) is 111 Å². The van der Waals surface area contributed by atoms with Gasteiger partial charge in [-0.1, -0.05) is 6.07 Å². The molecule has 1 aromatic rings. The minimum Gasteiger partial charge on any atom is -0.393 e. The number of nitrogens with zero attached hydrogens (tertiary/aromatic N) is 1. The van der Waals surface area contributed by atoms with Crippen molar-refractivity contribution in [2.45, 2.75) is 18.9 Å². The number of hydrogen-bond donors (Lipinski definition) is 4. The highest BCUT2D eigenvalue weighted by atomic mass is 16.5. The molecular weight excluding hydrogens is 314 g/mol. The van der Waals surface area contributed by atoms with Gasteiger partial charge in [0.05, 0.1) is 13.2 Å². The van der Waals surface area contributed by atoms with Crippen LogP contribution < -0.4 is 10.6 Å². The van der Waals surface area contributed by atoms with Crippen molar-refractivity contribution in [3.63, 3.8) is 0 Å². The van der Waals surface area contributed by atoms with E-state index in [4.69, 9.17) is 9.84 Å². The number of benzene rings is 1. The molecule has 0 spiro atoms. The lowest BCUT2D eigenvalue weighted by atomic mass is 10.1. The van der Waals surface area contributed by atoms with Gasteiger partial charge in [-0.25, -0.2) is 4.79 Å². The van der Waals surface area contributed by atoms with Crippen molar-refractivity contribution < 1.29 is 24.5 Å². The molecule has 0 saturated carbocycles. The molecule has 1 saturated heterocycles. The Balaban J connectivity index is 2.05. The van der Waals surface area contributed by atoms with E-state index in [-0.39, 0.29) is 31.7 Å². The summed E-state index contributed by atoms with van der Waals surface area (Å²) in [4.78, 5) is 25.4. The summed E-state index contributed by atoms with van der Waals surface area (Å²) in [5.74, 6) is -0.281. The molecule has 3 amide bonds. The Hall–Kier alpha value is -2.16. The van der Waals surface area contributed by atoms with Crippen molar-refractivity contribution >= 4 is 23.3 Å². The van der Waals surface area contributed by atoms with Gasteiger partial charge >= 0.3 is 6.03 Å². The van der Waals surface area contributed by atoms with Crippen molar-refractivity contribution in [1.82, 2.24) is 4.90 Å². The van der Waals surface area contributed by atoms with Gasteiger partial charge in [-0.3, -0.25) is 4.79 Å². The van der Waals surface area contributed by atoms with E-state index in [0.717, 1.165) is 0 Å². The maximum absolute atomic E-state index is 12.3. The summed E-state index contributed by atoms with van der Waals surface area (Å²) in [5.41, 5.74) is 0.632. The first-order valence-corrected chi connectivity index (χ1v) is 7.66. The summed E-state index contributed by atoms with van der Waals surface area (Å²) in [6.45, 7) is 1.80. The zero-order valence-corrected chi connectivity index (χ0v) is 13.8. The SMILES string of the molecule is COCC(=O)Nc1cccc(NC(=O)N2CC[C@](O)(CO)C2)c1C. The van der Waals surface area contributed by atoms with Crippen LogP contribution in [-0.4, -0.2) is 66.1 Å². The Labute approximate surface area is 140 Å². The molecule has 0 aromatic heterocycles. The van der Waals surface area contributed by atoms with Crippen molar-refractivity contribution in [3.8, 4) is 0 Å². The van der Waals surface area contributed by atoms with E-state index in [1.165, 1.54) is 12.0 Å². The van der Waals surface area contributed by atoms with Gasteiger partial charge in [0.2, 0.25) is 5.91 Å². The highest BCUT2D eigenvalue weighted by Crippen LogP contribution is 2.25. The molecule has 0 bridgehead atoms. The second kappa shape index (κ2) is 7.61. The molecule has 0 radical (unpaired) electrons. The zero-order valence-electron chi connectivity index (χ0n) is 13.8. The highest BCUT2D eigenvalue weighted by Gasteiger charge is 2.37. The maximum Gasteiger partial charge on any atom is 0.321 e. The van der Waals surface area contributed by atoms with E-state index in [1.54, 1.807) is 25.1 Å². The maximum atomic E-state index is 12.3. The minimum absolute atomic E-state index is 0.0520. The lowest BCUT2D eigenvalue weighted by molar-refractivity contribution is -0.119. The van der Waals surface area contributed by atoms with E-state index < -0.39 is 5.60 Å². The van der Waals surface area contributed by atoms with Gasteiger partial charge < -0.3 is 30.5 Å². The molecular formula is C16H23N3O5. The molecule has 8 heteroatoms. The molecule has 4 N–H and O–H groups in total. The quantitative estimate of drug-likeness (QED) is 0.627. The molecule has 1 heterocycles. The Morgan fingerprint density at radius 3 is 2.58 bits per heavy atom. The Bertz CT molecular complexity index is 622. The lowest BCUT2D eigenvalue weighted by Gasteiger charge is -2.22. The third-order valence-corrected chi connectivity index (χ3v) is 4.04. The van der Waals surface area contributed by atoms with Gasteiger partial charge in [-0.2, -0.15) is 0 Å². The van der Waals surface area contributed by atoms with Crippen LogP contribution in [0.1, 0.15) is 12.0 Å². The third kappa shape index (κ3) is 4.22. The standard InChI is InChI=1S/C16H23N3O5/c1-11-12(17-14(21)8-24-2)4-3-5-13(11)18-15(22)19-7-6-16(23,9-19)10-20/h3-5,20,23H,6-10H2,1-2H3,(H,17,21)(H,18,22)/t16-/m1/s1. The van der Waals surface area contributed by atoms with Crippen LogP contribution in [0, 0.1) is 6.92 Å². The average Bonchev–Trinajstić information content (AvgIpc) is 2.95. The summed E-state index contributed by atoms with van der Waals surface area (Å²) < 4.78 is 4.78. The first kappa shape index (κ1) is 18.2. The normalized spacial score (nSPS) is 20.1. The summed E-state index contributed by atoms with van der Waals surface area (Å²) in [6.07, 6.45) is 0.336. The molecule has 132 valence electrons. The molecule has 2 rings (SSSR count). The van der Waals surface area contributed by atoms with Crippen LogP contribution in [0.3, 0.4) is 0 Å². The molecule has 1 aromatic carbocycles. The van der Waals surface area contributed by atoms with Crippen molar-refractivity contribution in [3.05, 3.63) is 23.8 Å². The number of aliphatic hydroxyl groups excluding tert-OH is 1. The smallest absolute Gasteiger partial charge is 0.321 e. The van der Waals surface area contributed by atoms with Crippen LogP contribution in [0.15, 0.2) is 18.2 Å². The fourth-order valence-electron chi connectivity index (χ4n) is 2.58. The van der Waals surface area contributed by atoms with Crippen molar-refractivity contribution in [2.24, 2.45) is 0 Å². The highest BCUT2D eigenvalue weighted by molar-refractivity contribution is 5.95. The molecule has 1 aliphatic heterocycles. The molecule has 1 aliphatic rings. The van der Waals surface area contributed by atoms with Gasteiger partial charge in [-0.05, 0) is 31.0 Å². The number of aliphatic hydroxyl groups is 2. The number of anilines is 2. The predicted octanol–water partition coefficient (Wildman–Crippen LogP) is 0.541. The summed E-state index contributed by atoms with van der Waals surface area (Å²) >= 11 is 0. The van der Waals surface area contributed by atoms with Gasteiger partial charge in [-0.15, -0.1) is 0 Å². The number of rotatable bonds is 5. The number of nitrogens with one attached hydrogen (secondary N) is 2. The number of hydrogen-bond acceptors (Lipinski definition) is 5. The Morgan fingerprint density at radius 1 is 1.33 bits per heavy atom. The monoisotopic (exact) mass is 337 g/mol. The van der Waals surface area contributed by atoms with Crippen molar-refractivity contribution in [2.75, 3.05) is 44.0 Å². The number of methoxy groups -OCH3 is 1. The van der Waals surface area contributed by atoms with Crippen LogP contribution >= 0.6 is 0 Å². The number of β-amino-alcohol motifs (C(OH)–C–C–N with tert-alkyl or cyclic N) is 1. The largest absolute Gasteiger partial charge is 0.393 e. The summed E-state index contributed by atoms with van der Waals surface area (Å²) in [5, 5.41) is 24.7. The minimum atomic E-state index is -1.23. The van der Waals surface area contributed by atoms with E-state index in [2.05, 4.69) is 10.6 Å². The molecule has 0 aliphatic carbocycles. The first-order valence-electron chi connectivity index (χ1n) is 7.66. The van der Waals surface area contributed by atoms with Gasteiger partial charge in [0.25, 0.3) is 0 Å². The second-order valence-corrected chi connectivity index (χ2v) is 5.94. The number of carbonyl (C=O) groups is 2. The van der Waals surface area contributed by atoms with Gasteiger partial charge in [0.1, 0.15) is 12.2 Å². The average molecular weight is 337 g/mol. The van der Waals surface area contributed by atoms with Gasteiger partial charge in [0.15, 0.2) is 0 Å². The third-order valence-electron chi connectivity index (χ3n) is 4.04. The van der Waals surface area contributed by atoms with Crippen LogP contribution in [-0.2, 0) is 9.53 Å². The van der Waals surface area contributed by atoms with E-state index in [0.29, 0.717) is 29.9 Å². The number of likely N-dealkylation sites (tertiary alicyclic amines) is 1. The summed E-state index contributed by atoms with van der Waals surface area (Å²) in [7, 11) is 1.44. The van der Waals surface area contributed by atoms with Crippen LogP contribution in [0.25, 0.3) is 0 Å². The first-order chi connectivity index (χ1) is 11.4. The summed E-state index contributed by atoms with van der Waals surface area (Å²) in [6, 6.07) is 4.83. The molecule has 8 nitrogen and oxygen atoms in total. The molecule has 24 heavy (non-hydrogen) atoms. The molecule has 1 fully saturated rings. The number of ether oxygens (including phenoxy) is 1. The number of urea groups is 1. The van der Waals surface area contributed by atoms with E-state index >= 15 is 0 Å². The second-order valence-electron chi connectivity index (χ2n) is 5.94. The number of amides is 3. The van der Waals surface area contributed by atoms with Crippen LogP contribution in [0.2, 0.25) is 0 Å². The van der Waals surface area contributed by atoms with Crippen LogP contribution in [0.5, 0.6) is 0 Å². The molecule has 1 atom stereocenters. The zero-order chi connectivity index (χ0) is 17.7. The lowest BCUT2D eigenvalue weighted by Crippen LogP contribution is -2.40. The van der Waals surface area contributed by atoms with E-state index in [1.807, 2.05) is 0 Å². The van der Waals surface area contributed by atoms with E-state index in [9.17, 15) is 14.7 Å². The Kier molecular flexibility index (Phi) is 5.76. The van der Waals surface area contributed by atoms with Gasteiger partial charge in [0, 0.05) is 25.0 Å². The number of carbonyl (C=O) groups excluding carboxylic acids is 2. The predicted molar refractivity (Wildman–Crippen MR) is 88.9 cm³/mol. The Morgan fingerprint density at radius 2 is 2.00 bits per heavy atom. The molecule has 0 unspecified atom stereocenters. The fourth-order valence-corrected chi connectivity index (χ4v) is 2.58. The van der Waals surface area contributed by atoms with Crippen molar-refractivity contribution in [1.29, 1.82) is 0 Å².